The molecule has 2 aromatic carbocycles. The minimum atomic E-state index is -1.07. The van der Waals surface area contributed by atoms with Crippen molar-refractivity contribution >= 4 is 23.6 Å². The Bertz CT molecular complexity index is 845. The van der Waals surface area contributed by atoms with E-state index in [0.717, 1.165) is 18.4 Å². The van der Waals surface area contributed by atoms with E-state index < -0.39 is 11.9 Å². The molecule has 0 atom stereocenters. The van der Waals surface area contributed by atoms with Crippen LogP contribution in [0.4, 0.5) is 5.69 Å². The lowest BCUT2D eigenvalue weighted by Crippen LogP contribution is -2.11. The number of carbonyl (C=O) groups is 2. The van der Waals surface area contributed by atoms with E-state index in [1.807, 2.05) is 38.1 Å². The maximum absolute atomic E-state index is 12.4. The molecule has 0 saturated heterocycles. The van der Waals surface area contributed by atoms with E-state index in [1.165, 1.54) is 18.2 Å². The van der Waals surface area contributed by atoms with Gasteiger partial charge in [-0.15, -0.1) is 0 Å². The fourth-order valence-corrected chi connectivity index (χ4v) is 2.40. The average Bonchev–Trinajstić information content (AvgIpc) is 2.70. The first kappa shape index (κ1) is 21.0. The van der Waals surface area contributed by atoms with Crippen molar-refractivity contribution in [3.05, 3.63) is 59.7 Å². The summed E-state index contributed by atoms with van der Waals surface area (Å²) >= 11 is 0. The predicted octanol–water partition coefficient (Wildman–Crippen LogP) is 4.61. The molecule has 0 bridgehead atoms. The van der Waals surface area contributed by atoms with Gasteiger partial charge in [-0.25, -0.2) is 4.79 Å². The van der Waals surface area contributed by atoms with Crippen LogP contribution in [0.5, 0.6) is 11.5 Å². The molecule has 0 aromatic heterocycles. The highest BCUT2D eigenvalue weighted by Crippen LogP contribution is 2.26. The van der Waals surface area contributed by atoms with Crippen LogP contribution in [0.15, 0.2) is 48.5 Å². The number of nitrogens with one attached hydrogen (secondary N) is 1. The molecule has 0 spiro atoms. The van der Waals surface area contributed by atoms with Crippen molar-refractivity contribution in [2.45, 2.75) is 26.7 Å². The number of hydrogen-bond acceptors (Lipinski definition) is 4. The van der Waals surface area contributed by atoms with Gasteiger partial charge in [-0.05, 0) is 43.2 Å². The fraction of sp³-hybridized carbons (Fsp3) is 0.273. The first-order chi connectivity index (χ1) is 13.5. The number of carboxylic acids is 1. The van der Waals surface area contributed by atoms with E-state index in [9.17, 15) is 14.7 Å². The summed E-state index contributed by atoms with van der Waals surface area (Å²) in [6.07, 6.45) is 4.72. The number of hydrogen-bond donors (Lipinski definition) is 2. The Balaban J connectivity index is 2.17. The number of carbonyl (C=O) groups excluding carboxylic acids is 1. The van der Waals surface area contributed by atoms with Crippen molar-refractivity contribution < 1.29 is 24.2 Å². The van der Waals surface area contributed by atoms with Crippen LogP contribution in [0.1, 0.15) is 42.6 Å². The summed E-state index contributed by atoms with van der Waals surface area (Å²) in [5.74, 6) is -0.335. The summed E-state index contributed by atoms with van der Waals surface area (Å²) < 4.78 is 11.3. The molecule has 0 heterocycles. The van der Waals surface area contributed by atoms with Gasteiger partial charge in [0.25, 0.3) is 0 Å². The molecule has 0 aliphatic rings. The minimum absolute atomic E-state index is 0.0708. The predicted molar refractivity (Wildman–Crippen MR) is 109 cm³/mol. The second-order valence-corrected chi connectivity index (χ2v) is 6.07. The Hall–Kier alpha value is -3.28. The highest BCUT2D eigenvalue weighted by molar-refractivity contribution is 6.03. The molecule has 0 fully saturated rings. The number of benzene rings is 2. The molecule has 0 radical (unpaired) electrons. The van der Waals surface area contributed by atoms with Crippen molar-refractivity contribution in [1.29, 1.82) is 0 Å². The third kappa shape index (κ3) is 6.16. The van der Waals surface area contributed by atoms with Gasteiger partial charge < -0.3 is 19.9 Å². The van der Waals surface area contributed by atoms with Crippen LogP contribution in [0.2, 0.25) is 0 Å². The second-order valence-electron chi connectivity index (χ2n) is 6.07. The van der Waals surface area contributed by atoms with Gasteiger partial charge in [0.15, 0.2) is 0 Å². The number of rotatable bonds is 10. The molecule has 6 heteroatoms. The van der Waals surface area contributed by atoms with Crippen molar-refractivity contribution in [3.8, 4) is 11.5 Å². The van der Waals surface area contributed by atoms with Crippen molar-refractivity contribution in [2.24, 2.45) is 0 Å². The topological polar surface area (TPSA) is 84.9 Å². The minimum Gasteiger partial charge on any atom is -0.493 e. The number of amides is 1. The smallest absolute Gasteiger partial charge is 0.335 e. The standard InChI is InChI=1S/C22H25NO5/c1-3-13-27-19-8-6-5-7-16(19)10-12-21(24)23-18-15-17(22(25)26)9-11-20(18)28-14-4-2/h5-12,15H,3-4,13-14H2,1-2H3,(H,23,24)(H,25,26)/b12-10+. The van der Waals surface area contributed by atoms with Crippen LogP contribution in [-0.2, 0) is 4.79 Å². The van der Waals surface area contributed by atoms with Gasteiger partial charge in [0, 0.05) is 11.6 Å². The summed E-state index contributed by atoms with van der Waals surface area (Å²) in [6, 6.07) is 11.8. The Morgan fingerprint density at radius 3 is 2.36 bits per heavy atom. The van der Waals surface area contributed by atoms with E-state index in [4.69, 9.17) is 9.47 Å². The molecule has 0 unspecified atom stereocenters. The first-order valence-electron chi connectivity index (χ1n) is 9.26. The summed E-state index contributed by atoms with van der Waals surface area (Å²) in [6.45, 7) is 5.05. The lowest BCUT2D eigenvalue weighted by molar-refractivity contribution is -0.111. The normalized spacial score (nSPS) is 10.6. The molecule has 1 amide bonds. The molecular formula is C22H25NO5. The maximum atomic E-state index is 12.4. The molecule has 0 saturated carbocycles. The number of ether oxygens (including phenoxy) is 2. The number of aromatic carboxylic acids is 1. The third-order valence-corrected chi connectivity index (χ3v) is 3.74. The van der Waals surface area contributed by atoms with Crippen molar-refractivity contribution in [3.63, 3.8) is 0 Å². The number of para-hydroxylation sites is 1. The van der Waals surface area contributed by atoms with E-state index in [-0.39, 0.29) is 5.56 Å². The lowest BCUT2D eigenvalue weighted by atomic mass is 10.1. The molecule has 0 aliphatic heterocycles. The SMILES string of the molecule is CCCOc1ccccc1/C=C/C(=O)Nc1cc(C(=O)O)ccc1OCCC. The molecular weight excluding hydrogens is 358 g/mol. The van der Waals surface area contributed by atoms with Gasteiger partial charge in [-0.1, -0.05) is 32.0 Å². The number of carboxylic acid groups (broad SMARTS) is 1. The average molecular weight is 383 g/mol. The molecule has 148 valence electrons. The van der Waals surface area contributed by atoms with E-state index in [2.05, 4.69) is 5.32 Å². The van der Waals surface area contributed by atoms with Gasteiger partial charge >= 0.3 is 5.97 Å². The van der Waals surface area contributed by atoms with Crippen molar-refractivity contribution in [1.82, 2.24) is 0 Å². The Labute approximate surface area is 164 Å². The van der Waals surface area contributed by atoms with Gasteiger partial charge in [-0.2, -0.15) is 0 Å². The highest BCUT2D eigenvalue weighted by Gasteiger charge is 2.11. The highest BCUT2D eigenvalue weighted by atomic mass is 16.5. The van der Waals surface area contributed by atoms with E-state index in [0.29, 0.717) is 30.4 Å². The Morgan fingerprint density at radius 2 is 1.68 bits per heavy atom. The Kier molecular flexibility index (Phi) is 8.09. The third-order valence-electron chi connectivity index (χ3n) is 3.74. The summed E-state index contributed by atoms with van der Waals surface area (Å²) in [7, 11) is 0. The van der Waals surface area contributed by atoms with Gasteiger partial charge in [0.05, 0.1) is 24.5 Å². The summed E-state index contributed by atoms with van der Waals surface area (Å²) in [5.41, 5.74) is 1.17. The molecule has 6 nitrogen and oxygen atoms in total. The van der Waals surface area contributed by atoms with Gasteiger partial charge in [0.2, 0.25) is 5.91 Å². The van der Waals surface area contributed by atoms with Crippen LogP contribution in [-0.4, -0.2) is 30.2 Å². The second kappa shape index (κ2) is 10.8. The quantitative estimate of drug-likeness (QED) is 0.585. The zero-order valence-electron chi connectivity index (χ0n) is 16.1. The zero-order chi connectivity index (χ0) is 20.4. The molecule has 2 rings (SSSR count). The number of anilines is 1. The monoisotopic (exact) mass is 383 g/mol. The first-order valence-corrected chi connectivity index (χ1v) is 9.26. The van der Waals surface area contributed by atoms with Crippen LogP contribution in [0.3, 0.4) is 0 Å². The summed E-state index contributed by atoms with van der Waals surface area (Å²) in [5, 5.41) is 11.9. The van der Waals surface area contributed by atoms with Crippen LogP contribution in [0, 0.1) is 0 Å². The molecule has 28 heavy (non-hydrogen) atoms. The van der Waals surface area contributed by atoms with Crippen LogP contribution in [0.25, 0.3) is 6.08 Å². The Morgan fingerprint density at radius 1 is 1.00 bits per heavy atom. The largest absolute Gasteiger partial charge is 0.493 e. The van der Waals surface area contributed by atoms with Crippen molar-refractivity contribution in [2.75, 3.05) is 18.5 Å². The van der Waals surface area contributed by atoms with Crippen LogP contribution < -0.4 is 14.8 Å². The van der Waals surface area contributed by atoms with E-state index >= 15 is 0 Å². The maximum Gasteiger partial charge on any atom is 0.335 e. The molecule has 2 N–H and O–H groups in total. The van der Waals surface area contributed by atoms with E-state index in [1.54, 1.807) is 12.1 Å². The van der Waals surface area contributed by atoms with Gasteiger partial charge in [0.1, 0.15) is 11.5 Å². The molecule has 0 aliphatic carbocycles. The molecule has 2 aromatic rings. The fourth-order valence-electron chi connectivity index (χ4n) is 2.40. The van der Waals surface area contributed by atoms with Crippen LogP contribution >= 0.6 is 0 Å². The zero-order valence-corrected chi connectivity index (χ0v) is 16.1. The summed E-state index contributed by atoms with van der Waals surface area (Å²) in [4.78, 5) is 23.6. The lowest BCUT2D eigenvalue weighted by Gasteiger charge is -2.12. The van der Waals surface area contributed by atoms with Gasteiger partial charge in [-0.3, -0.25) is 4.79 Å².